The molecule has 1 saturated heterocycles. The third-order valence-corrected chi connectivity index (χ3v) is 1.13. The van der Waals surface area contributed by atoms with Crippen molar-refractivity contribution >= 4 is 17.4 Å². The molecule has 0 radical (unpaired) electrons. The molecule has 0 atom stereocenters. The summed E-state index contributed by atoms with van der Waals surface area (Å²) in [4.78, 5) is 10.2. The van der Waals surface area contributed by atoms with E-state index in [1.54, 1.807) is 5.01 Å². The van der Waals surface area contributed by atoms with E-state index in [0.717, 1.165) is 13.1 Å². The van der Waals surface area contributed by atoms with Crippen molar-refractivity contribution in [2.45, 2.75) is 0 Å². The third-order valence-electron chi connectivity index (χ3n) is 1.13. The van der Waals surface area contributed by atoms with Gasteiger partial charge in [0.25, 0.3) is 11.4 Å². The van der Waals surface area contributed by atoms with Crippen LogP contribution in [0.2, 0.25) is 0 Å². The fraction of sp³-hybridized carbons (Fsp3) is 0.750. The zero-order chi connectivity index (χ0) is 10.3. The molecular formula is C4H13N4NaO4S. The van der Waals surface area contributed by atoms with Gasteiger partial charge >= 0.3 is 35.6 Å². The number of nitrogens with two attached hydrogens (primary N) is 1. The Hall–Kier alpha value is 0.260. The van der Waals surface area contributed by atoms with Gasteiger partial charge in [0, 0.05) is 13.1 Å². The fourth-order valence-corrected chi connectivity index (χ4v) is 0.758. The van der Waals surface area contributed by atoms with Gasteiger partial charge in [-0.3, -0.25) is 14.5 Å². The number of primary amides is 1. The second kappa shape index (κ2) is 9.80. The van der Waals surface area contributed by atoms with E-state index in [1.807, 2.05) is 0 Å². The summed E-state index contributed by atoms with van der Waals surface area (Å²) < 4.78 is 22.8. The molecule has 0 aromatic carbocycles. The molecule has 10 heteroatoms. The first-order chi connectivity index (χ1) is 6.02. The number of hydrazine groups is 1. The van der Waals surface area contributed by atoms with Crippen molar-refractivity contribution in [1.29, 1.82) is 0 Å². The van der Waals surface area contributed by atoms with E-state index < -0.39 is 17.4 Å². The van der Waals surface area contributed by atoms with Gasteiger partial charge in [-0.05, 0) is 0 Å². The van der Waals surface area contributed by atoms with Gasteiger partial charge in [-0.2, -0.15) is 4.21 Å². The van der Waals surface area contributed by atoms with Crippen LogP contribution < -0.4 is 46.0 Å². The molecule has 14 heavy (non-hydrogen) atoms. The standard InChI is InChI=1S/C4H10N4O.Na.H2O3S.H/c5-4(9)7-8-2-1-6-3-8;;1-4(2)3;/h6H,1-3H2,(H3,5,7,9);;(H2,1,2,3);/q;+1;;-1. The van der Waals surface area contributed by atoms with Gasteiger partial charge in [0.2, 0.25) is 0 Å². The van der Waals surface area contributed by atoms with E-state index in [1.165, 1.54) is 0 Å². The molecule has 80 valence electrons. The molecular weight excluding hydrogens is 223 g/mol. The largest absolute Gasteiger partial charge is 1.00 e. The van der Waals surface area contributed by atoms with Crippen LogP contribution in [-0.4, -0.2) is 44.1 Å². The minimum Gasteiger partial charge on any atom is -1.00 e. The van der Waals surface area contributed by atoms with Crippen molar-refractivity contribution in [3.8, 4) is 0 Å². The number of rotatable bonds is 1. The summed E-state index contributed by atoms with van der Waals surface area (Å²) in [5.41, 5.74) is 7.30. The Kier molecular flexibility index (Phi) is 11.7. The summed E-state index contributed by atoms with van der Waals surface area (Å²) in [5, 5.41) is 4.76. The molecule has 0 unspecified atom stereocenters. The second-order valence-corrected chi connectivity index (χ2v) is 2.59. The molecule has 1 heterocycles. The quantitative estimate of drug-likeness (QED) is 0.230. The van der Waals surface area contributed by atoms with Crippen molar-refractivity contribution in [2.24, 2.45) is 5.73 Å². The van der Waals surface area contributed by atoms with Crippen molar-refractivity contribution < 1.29 is 49.1 Å². The van der Waals surface area contributed by atoms with E-state index >= 15 is 0 Å². The molecule has 1 fully saturated rings. The molecule has 1 rings (SSSR count). The minimum atomic E-state index is -2.61. The summed E-state index contributed by atoms with van der Waals surface area (Å²) in [6, 6.07) is -0.501. The molecule has 0 aromatic rings. The number of nitrogens with zero attached hydrogens (tertiary/aromatic N) is 1. The molecule has 0 saturated carbocycles. The number of carbonyl (C=O) groups is 1. The molecule has 0 aliphatic carbocycles. The van der Waals surface area contributed by atoms with Gasteiger partial charge in [0.1, 0.15) is 0 Å². The fourth-order valence-electron chi connectivity index (χ4n) is 0.758. The zero-order valence-electron chi connectivity index (χ0n) is 8.77. The Morgan fingerprint density at radius 1 is 1.64 bits per heavy atom. The van der Waals surface area contributed by atoms with Crippen LogP contribution in [0.25, 0.3) is 0 Å². The van der Waals surface area contributed by atoms with E-state index in [4.69, 9.17) is 19.0 Å². The Morgan fingerprint density at radius 2 is 2.14 bits per heavy atom. The van der Waals surface area contributed by atoms with Crippen LogP contribution in [0.5, 0.6) is 0 Å². The van der Waals surface area contributed by atoms with Crippen LogP contribution >= 0.6 is 0 Å². The predicted molar refractivity (Wildman–Crippen MR) is 46.8 cm³/mol. The maximum Gasteiger partial charge on any atom is 1.00 e. The summed E-state index contributed by atoms with van der Waals surface area (Å²) in [6.45, 7) is 2.41. The molecule has 1 aliphatic rings. The SMILES string of the molecule is NC(=O)NN1CCNC1.O=S(O)O.[H-].[Na+]. The van der Waals surface area contributed by atoms with Gasteiger partial charge in [-0.15, -0.1) is 0 Å². The van der Waals surface area contributed by atoms with Crippen LogP contribution in [0.3, 0.4) is 0 Å². The number of hydrogen-bond acceptors (Lipinski definition) is 4. The van der Waals surface area contributed by atoms with Crippen LogP contribution in [0, 0.1) is 0 Å². The van der Waals surface area contributed by atoms with Gasteiger partial charge in [0.05, 0.1) is 6.67 Å². The normalized spacial score (nSPS) is 15.4. The van der Waals surface area contributed by atoms with Crippen molar-refractivity contribution in [2.75, 3.05) is 19.8 Å². The van der Waals surface area contributed by atoms with E-state index in [2.05, 4.69) is 10.7 Å². The molecule has 8 nitrogen and oxygen atoms in total. The summed E-state index contributed by atoms with van der Waals surface area (Å²) in [7, 11) is 0. The zero-order valence-corrected chi connectivity index (χ0v) is 10.6. The topological polar surface area (TPSA) is 128 Å². The van der Waals surface area contributed by atoms with Gasteiger partial charge in [0.15, 0.2) is 0 Å². The monoisotopic (exact) mass is 236 g/mol. The first-order valence-corrected chi connectivity index (χ1v) is 4.40. The van der Waals surface area contributed by atoms with Gasteiger partial charge in [-0.1, -0.05) is 0 Å². The molecule has 2 amide bonds. The Balaban J connectivity index is -0.000000213. The maximum absolute atomic E-state index is 10.2. The van der Waals surface area contributed by atoms with Gasteiger partial charge < -0.3 is 12.5 Å². The van der Waals surface area contributed by atoms with Gasteiger partial charge in [-0.25, -0.2) is 9.80 Å². The number of amides is 2. The molecule has 1 aliphatic heterocycles. The molecule has 0 spiro atoms. The third kappa shape index (κ3) is 12.3. The first-order valence-electron chi connectivity index (χ1n) is 3.34. The van der Waals surface area contributed by atoms with Crippen LogP contribution in [-0.2, 0) is 11.4 Å². The second-order valence-electron chi connectivity index (χ2n) is 2.13. The van der Waals surface area contributed by atoms with Crippen LogP contribution in [0.15, 0.2) is 0 Å². The average Bonchev–Trinajstić information content (AvgIpc) is 2.36. The first kappa shape index (κ1) is 16.7. The van der Waals surface area contributed by atoms with Crippen LogP contribution in [0.4, 0.5) is 4.79 Å². The smallest absolute Gasteiger partial charge is 1.00 e. The van der Waals surface area contributed by atoms with Crippen molar-refractivity contribution in [3.05, 3.63) is 0 Å². The van der Waals surface area contributed by atoms with Crippen molar-refractivity contribution in [3.63, 3.8) is 0 Å². The Bertz CT molecular complexity index is 189. The molecule has 0 bridgehead atoms. The number of nitrogens with one attached hydrogen (secondary N) is 2. The Labute approximate surface area is 107 Å². The van der Waals surface area contributed by atoms with E-state index in [0.29, 0.717) is 6.67 Å². The number of urea groups is 1. The maximum atomic E-state index is 10.2. The summed E-state index contributed by atoms with van der Waals surface area (Å²) in [5.74, 6) is 0. The van der Waals surface area contributed by atoms with E-state index in [9.17, 15) is 4.79 Å². The predicted octanol–water partition coefficient (Wildman–Crippen LogP) is -4.77. The van der Waals surface area contributed by atoms with Crippen LogP contribution in [0.1, 0.15) is 1.43 Å². The minimum absolute atomic E-state index is 0. The number of carbonyl (C=O) groups excluding carboxylic acids is 1. The Morgan fingerprint density at radius 3 is 2.43 bits per heavy atom. The number of hydrogen-bond donors (Lipinski definition) is 5. The summed E-state index contributed by atoms with van der Waals surface area (Å²) in [6.07, 6.45) is 0. The molecule has 0 aromatic heterocycles. The molecule has 6 N–H and O–H groups in total. The van der Waals surface area contributed by atoms with E-state index in [-0.39, 0.29) is 31.0 Å². The average molecular weight is 236 g/mol. The summed E-state index contributed by atoms with van der Waals surface area (Å²) >= 11 is -2.61. The van der Waals surface area contributed by atoms with Crippen molar-refractivity contribution in [1.82, 2.24) is 15.8 Å².